The summed E-state index contributed by atoms with van der Waals surface area (Å²) in [5.74, 6) is 0.692. The van der Waals surface area contributed by atoms with Crippen molar-refractivity contribution < 1.29 is 9.84 Å². The van der Waals surface area contributed by atoms with E-state index >= 15 is 0 Å². The van der Waals surface area contributed by atoms with Gasteiger partial charge in [-0.2, -0.15) is 9.78 Å². The Balaban J connectivity index is 1.79. The van der Waals surface area contributed by atoms with Crippen molar-refractivity contribution in [3.63, 3.8) is 0 Å². The van der Waals surface area contributed by atoms with Crippen LogP contribution in [0.1, 0.15) is 24.1 Å². The molecule has 0 saturated heterocycles. The Morgan fingerprint density at radius 2 is 2.03 bits per heavy atom. The highest BCUT2D eigenvalue weighted by Crippen LogP contribution is 2.42. The number of phenols is 1. The van der Waals surface area contributed by atoms with Crippen LogP contribution in [0.2, 0.25) is 0 Å². The maximum absolute atomic E-state index is 12.7. The van der Waals surface area contributed by atoms with E-state index in [4.69, 9.17) is 4.74 Å². The molecule has 3 heterocycles. The zero-order valence-electron chi connectivity index (χ0n) is 15.9. The van der Waals surface area contributed by atoms with Gasteiger partial charge in [-0.25, -0.2) is 5.10 Å². The average molecular weight is 403 g/mol. The van der Waals surface area contributed by atoms with E-state index < -0.39 is 6.04 Å². The Bertz CT molecular complexity index is 1280. The predicted molar refractivity (Wildman–Crippen MR) is 108 cm³/mol. The summed E-state index contributed by atoms with van der Waals surface area (Å²) >= 11 is 0. The summed E-state index contributed by atoms with van der Waals surface area (Å²) < 4.78 is 7.14. The third kappa shape index (κ3) is 2.77. The highest BCUT2D eigenvalue weighted by Gasteiger charge is 2.34. The summed E-state index contributed by atoms with van der Waals surface area (Å²) in [6.45, 7) is 2.23. The predicted octanol–water partition coefficient (Wildman–Crippen LogP) is 2.22. The van der Waals surface area contributed by atoms with Crippen LogP contribution in [0.5, 0.6) is 11.5 Å². The zero-order chi connectivity index (χ0) is 20.7. The number of aromatic nitrogens is 6. The summed E-state index contributed by atoms with van der Waals surface area (Å²) in [5.41, 5.74) is 2.72. The van der Waals surface area contributed by atoms with Crippen LogP contribution >= 0.6 is 0 Å². The number of phenolic OH excluding ortho intramolecular Hbond substituents is 1. The molecule has 0 aliphatic carbocycles. The molecule has 4 aromatic rings. The summed E-state index contributed by atoms with van der Waals surface area (Å²) in [6.07, 6.45) is 0. The minimum atomic E-state index is -0.559. The molecule has 2 aromatic carbocycles. The van der Waals surface area contributed by atoms with Gasteiger partial charge in [-0.15, -0.1) is 0 Å². The molecule has 2 aromatic heterocycles. The molecular formula is C20H17N7O3. The molecule has 0 amide bonds. The first kappa shape index (κ1) is 17.9. The summed E-state index contributed by atoms with van der Waals surface area (Å²) in [5, 5.41) is 31.9. The van der Waals surface area contributed by atoms with Gasteiger partial charge in [0, 0.05) is 11.1 Å². The van der Waals surface area contributed by atoms with Gasteiger partial charge in [0.1, 0.15) is 11.7 Å². The number of anilines is 2. The average Bonchev–Trinajstić information content (AvgIpc) is 3.24. The van der Waals surface area contributed by atoms with E-state index in [0.29, 0.717) is 35.2 Å². The molecule has 5 rings (SSSR count). The lowest BCUT2D eigenvalue weighted by atomic mass is 9.92. The third-order valence-electron chi connectivity index (χ3n) is 4.92. The zero-order valence-corrected chi connectivity index (χ0v) is 15.9. The largest absolute Gasteiger partial charge is 0.504 e. The number of rotatable bonds is 4. The van der Waals surface area contributed by atoms with Crippen molar-refractivity contribution in [3.8, 4) is 22.8 Å². The number of benzene rings is 2. The van der Waals surface area contributed by atoms with Gasteiger partial charge in [-0.1, -0.05) is 41.5 Å². The van der Waals surface area contributed by atoms with E-state index in [2.05, 4.69) is 31.0 Å². The fourth-order valence-electron chi connectivity index (χ4n) is 3.63. The molecule has 1 aliphatic rings. The molecule has 0 saturated carbocycles. The molecule has 0 bridgehead atoms. The van der Waals surface area contributed by atoms with E-state index in [-0.39, 0.29) is 11.3 Å². The van der Waals surface area contributed by atoms with Crippen LogP contribution in [0.4, 0.5) is 11.6 Å². The van der Waals surface area contributed by atoms with Gasteiger partial charge < -0.3 is 15.2 Å². The highest BCUT2D eigenvalue weighted by molar-refractivity contribution is 5.75. The molecule has 0 radical (unpaired) electrons. The Hall–Kier alpha value is -4.21. The second-order valence-electron chi connectivity index (χ2n) is 6.69. The number of aromatic amines is 1. The molecule has 1 atom stereocenters. The van der Waals surface area contributed by atoms with Gasteiger partial charge in [0.15, 0.2) is 11.5 Å². The van der Waals surface area contributed by atoms with Gasteiger partial charge in [0.25, 0.3) is 5.56 Å². The highest BCUT2D eigenvalue weighted by atomic mass is 16.5. The second kappa shape index (κ2) is 6.99. The molecule has 10 nitrogen and oxygen atoms in total. The lowest BCUT2D eigenvalue weighted by molar-refractivity contribution is 0.317. The Kier molecular flexibility index (Phi) is 4.16. The van der Waals surface area contributed by atoms with Crippen LogP contribution in [-0.4, -0.2) is 42.1 Å². The second-order valence-corrected chi connectivity index (χ2v) is 6.69. The van der Waals surface area contributed by atoms with Crippen molar-refractivity contribution >= 4 is 11.6 Å². The number of nitrogens with one attached hydrogen (secondary N) is 2. The Labute approximate surface area is 170 Å². The van der Waals surface area contributed by atoms with Gasteiger partial charge in [-0.3, -0.25) is 4.79 Å². The van der Waals surface area contributed by atoms with Crippen LogP contribution in [-0.2, 0) is 0 Å². The minimum absolute atomic E-state index is 0.0269. The number of hydrogen-bond acceptors (Lipinski definition) is 8. The number of aromatic hydroxyl groups is 1. The van der Waals surface area contributed by atoms with Crippen molar-refractivity contribution in [1.82, 2.24) is 30.4 Å². The van der Waals surface area contributed by atoms with Gasteiger partial charge in [0.2, 0.25) is 5.95 Å². The number of tetrazole rings is 1. The number of H-pyrrole nitrogens is 1. The first-order chi connectivity index (χ1) is 14.7. The minimum Gasteiger partial charge on any atom is -0.504 e. The lowest BCUT2D eigenvalue weighted by Crippen LogP contribution is -2.29. The molecule has 0 spiro atoms. The molecule has 0 fully saturated rings. The lowest BCUT2D eigenvalue weighted by Gasteiger charge is -2.28. The molecule has 150 valence electrons. The van der Waals surface area contributed by atoms with E-state index in [0.717, 1.165) is 11.1 Å². The van der Waals surface area contributed by atoms with E-state index in [9.17, 15) is 9.90 Å². The van der Waals surface area contributed by atoms with E-state index in [1.807, 2.05) is 37.3 Å². The fraction of sp³-hybridized carbons (Fsp3) is 0.150. The van der Waals surface area contributed by atoms with Crippen LogP contribution in [0.3, 0.4) is 0 Å². The van der Waals surface area contributed by atoms with Crippen molar-refractivity contribution in [2.24, 2.45) is 0 Å². The SMILES string of the molecule is CCOc1cc(C2c3c(-c4ccccc4)n[nH]c(=O)c3Nc3nnnn32)ccc1O. The van der Waals surface area contributed by atoms with Crippen LogP contribution in [0.25, 0.3) is 11.3 Å². The topological polar surface area (TPSA) is 131 Å². The van der Waals surface area contributed by atoms with Crippen LogP contribution < -0.4 is 15.6 Å². The van der Waals surface area contributed by atoms with E-state index in [1.165, 1.54) is 0 Å². The maximum Gasteiger partial charge on any atom is 0.288 e. The van der Waals surface area contributed by atoms with Crippen molar-refractivity contribution in [2.75, 3.05) is 11.9 Å². The molecule has 1 unspecified atom stereocenters. The first-order valence-corrected chi connectivity index (χ1v) is 9.36. The number of hydrogen-bond donors (Lipinski definition) is 3. The monoisotopic (exact) mass is 403 g/mol. The van der Waals surface area contributed by atoms with Gasteiger partial charge in [0.05, 0.1) is 12.3 Å². The third-order valence-corrected chi connectivity index (χ3v) is 4.92. The van der Waals surface area contributed by atoms with Gasteiger partial charge in [-0.05, 0) is 35.0 Å². The van der Waals surface area contributed by atoms with Crippen molar-refractivity contribution in [1.29, 1.82) is 0 Å². The standard InChI is InChI=1S/C20H17N7O3/c1-2-30-14-10-12(8-9-13(14)28)18-15-16(11-6-4-3-5-7-11)22-23-19(29)17(15)21-20-24-25-26-27(18)20/h3-10,18,28H,2H2,1H3,(H,23,29)(H,21,24,26). The van der Waals surface area contributed by atoms with Crippen molar-refractivity contribution in [2.45, 2.75) is 13.0 Å². The molecular weight excluding hydrogens is 386 g/mol. The summed E-state index contributed by atoms with van der Waals surface area (Å²) in [4.78, 5) is 12.7. The maximum atomic E-state index is 12.7. The van der Waals surface area contributed by atoms with E-state index in [1.54, 1.807) is 22.9 Å². The van der Waals surface area contributed by atoms with Crippen molar-refractivity contribution in [3.05, 3.63) is 70.0 Å². The fourth-order valence-corrected chi connectivity index (χ4v) is 3.63. The summed E-state index contributed by atoms with van der Waals surface area (Å²) in [7, 11) is 0. The van der Waals surface area contributed by atoms with Crippen LogP contribution in [0, 0.1) is 0 Å². The quantitative estimate of drug-likeness (QED) is 0.416. The Morgan fingerprint density at radius 3 is 2.83 bits per heavy atom. The summed E-state index contributed by atoms with van der Waals surface area (Å²) in [6, 6.07) is 14.0. The first-order valence-electron chi connectivity index (χ1n) is 9.36. The number of fused-ring (bicyclic) bond motifs is 2. The van der Waals surface area contributed by atoms with Crippen LogP contribution in [0.15, 0.2) is 53.3 Å². The van der Waals surface area contributed by atoms with Gasteiger partial charge >= 0.3 is 0 Å². The number of nitrogens with zero attached hydrogens (tertiary/aromatic N) is 5. The normalized spacial score (nSPS) is 14.5. The molecule has 1 aliphatic heterocycles. The number of ether oxygens (including phenoxy) is 1. The molecule has 10 heteroatoms. The molecule has 3 N–H and O–H groups in total. The molecule has 30 heavy (non-hydrogen) atoms. The smallest absolute Gasteiger partial charge is 0.288 e. The Morgan fingerprint density at radius 1 is 1.20 bits per heavy atom.